The van der Waals surface area contributed by atoms with Gasteiger partial charge in [0, 0.05) is 18.6 Å². The van der Waals surface area contributed by atoms with E-state index in [2.05, 4.69) is 12.2 Å². The van der Waals surface area contributed by atoms with Crippen LogP contribution in [0.15, 0.2) is 0 Å². The molecule has 1 saturated heterocycles. The molecule has 0 aromatic heterocycles. The van der Waals surface area contributed by atoms with E-state index in [1.54, 1.807) is 0 Å². The fourth-order valence-corrected chi connectivity index (χ4v) is 1.16. The minimum absolute atomic E-state index is 0.417. The molecule has 0 spiro atoms. The lowest BCUT2D eigenvalue weighted by Gasteiger charge is -2.02. The maximum absolute atomic E-state index is 5.64. The van der Waals surface area contributed by atoms with Gasteiger partial charge in [0.15, 0.2) is 0 Å². The Hall–Kier alpha value is -0.0800. The van der Waals surface area contributed by atoms with Gasteiger partial charge in [-0.05, 0) is 12.8 Å². The smallest absolute Gasteiger partial charge is 0.0180 e. The van der Waals surface area contributed by atoms with Gasteiger partial charge in [-0.15, -0.1) is 0 Å². The van der Waals surface area contributed by atoms with E-state index in [9.17, 15) is 0 Å². The maximum atomic E-state index is 5.64. The number of hydrogen-bond donors (Lipinski definition) is 2. The molecule has 0 radical (unpaired) electrons. The maximum Gasteiger partial charge on any atom is 0.0180 e. The molecule has 3 N–H and O–H groups in total. The molecule has 0 aromatic carbocycles. The number of hydrogen-bond acceptors (Lipinski definition) is 2. The van der Waals surface area contributed by atoms with Gasteiger partial charge in [0.25, 0.3) is 0 Å². The van der Waals surface area contributed by atoms with Crippen LogP contribution in [0.5, 0.6) is 0 Å². The summed E-state index contributed by atoms with van der Waals surface area (Å²) >= 11 is 0. The third kappa shape index (κ3) is 1.20. The predicted molar refractivity (Wildman–Crippen MR) is 34.7 cm³/mol. The summed E-state index contributed by atoms with van der Waals surface area (Å²) in [5.74, 6) is 0. The van der Waals surface area contributed by atoms with E-state index >= 15 is 0 Å². The van der Waals surface area contributed by atoms with Crippen molar-refractivity contribution >= 4 is 0 Å². The van der Waals surface area contributed by atoms with Gasteiger partial charge < -0.3 is 11.1 Å². The van der Waals surface area contributed by atoms with Crippen LogP contribution in [0, 0.1) is 0 Å². The van der Waals surface area contributed by atoms with E-state index in [0.717, 1.165) is 13.0 Å². The second-order valence-corrected chi connectivity index (χ2v) is 2.51. The SMILES string of the molecule is CCC1CC(N)CN1. The van der Waals surface area contributed by atoms with Crippen molar-refractivity contribution < 1.29 is 0 Å². The van der Waals surface area contributed by atoms with Gasteiger partial charge in [-0.2, -0.15) is 0 Å². The summed E-state index contributed by atoms with van der Waals surface area (Å²) in [6.07, 6.45) is 2.38. The highest BCUT2D eigenvalue weighted by Gasteiger charge is 2.17. The Bertz CT molecular complexity index is 72.9. The average Bonchev–Trinajstić information content (AvgIpc) is 2.14. The zero-order chi connectivity index (χ0) is 5.98. The van der Waals surface area contributed by atoms with Crippen LogP contribution >= 0.6 is 0 Å². The van der Waals surface area contributed by atoms with Crippen LogP contribution in [-0.2, 0) is 0 Å². The van der Waals surface area contributed by atoms with Crippen molar-refractivity contribution in [3.05, 3.63) is 0 Å². The van der Waals surface area contributed by atoms with Crippen molar-refractivity contribution in [2.45, 2.75) is 31.8 Å². The molecule has 2 unspecified atom stereocenters. The molecule has 1 heterocycles. The molecule has 48 valence electrons. The fraction of sp³-hybridized carbons (Fsp3) is 1.00. The monoisotopic (exact) mass is 114 g/mol. The van der Waals surface area contributed by atoms with Crippen molar-refractivity contribution in [1.82, 2.24) is 5.32 Å². The molecule has 2 nitrogen and oxygen atoms in total. The molecule has 0 aromatic rings. The summed E-state index contributed by atoms with van der Waals surface area (Å²) in [6, 6.07) is 1.12. The van der Waals surface area contributed by atoms with Gasteiger partial charge in [-0.3, -0.25) is 0 Å². The highest BCUT2D eigenvalue weighted by atomic mass is 15.0. The molecule has 0 amide bonds. The lowest BCUT2D eigenvalue weighted by Crippen LogP contribution is -2.22. The summed E-state index contributed by atoms with van der Waals surface area (Å²) in [5, 5.41) is 3.33. The normalized spacial score (nSPS) is 38.2. The molecule has 0 bridgehead atoms. The number of rotatable bonds is 1. The Labute approximate surface area is 50.4 Å². The quantitative estimate of drug-likeness (QED) is 0.507. The Morgan fingerprint density at radius 1 is 1.75 bits per heavy atom. The lowest BCUT2D eigenvalue weighted by molar-refractivity contribution is 0.582. The highest BCUT2D eigenvalue weighted by molar-refractivity contribution is 4.82. The first-order valence-corrected chi connectivity index (χ1v) is 3.32. The van der Waals surface area contributed by atoms with Crippen LogP contribution < -0.4 is 11.1 Å². The third-order valence-electron chi connectivity index (χ3n) is 1.75. The van der Waals surface area contributed by atoms with E-state index in [0.29, 0.717) is 12.1 Å². The van der Waals surface area contributed by atoms with Crippen molar-refractivity contribution in [3.63, 3.8) is 0 Å². The first-order chi connectivity index (χ1) is 3.83. The summed E-state index contributed by atoms with van der Waals surface area (Å²) < 4.78 is 0. The van der Waals surface area contributed by atoms with Crippen molar-refractivity contribution in [1.29, 1.82) is 0 Å². The van der Waals surface area contributed by atoms with Crippen LogP contribution in [0.4, 0.5) is 0 Å². The van der Waals surface area contributed by atoms with E-state index < -0.39 is 0 Å². The van der Waals surface area contributed by atoms with Gasteiger partial charge in [0.05, 0.1) is 0 Å². The van der Waals surface area contributed by atoms with Crippen LogP contribution in [-0.4, -0.2) is 18.6 Å². The van der Waals surface area contributed by atoms with Crippen molar-refractivity contribution in [2.75, 3.05) is 6.54 Å². The van der Waals surface area contributed by atoms with E-state index in [4.69, 9.17) is 5.73 Å². The molecule has 1 fully saturated rings. The molecular formula is C6H14N2. The lowest BCUT2D eigenvalue weighted by atomic mass is 10.1. The summed E-state index contributed by atoms with van der Waals surface area (Å²) in [5.41, 5.74) is 5.64. The molecule has 0 aliphatic carbocycles. The van der Waals surface area contributed by atoms with Crippen molar-refractivity contribution in [2.24, 2.45) is 5.73 Å². The van der Waals surface area contributed by atoms with Crippen molar-refractivity contribution in [3.8, 4) is 0 Å². The van der Waals surface area contributed by atoms with E-state index in [1.165, 1.54) is 6.42 Å². The molecule has 1 rings (SSSR count). The minimum Gasteiger partial charge on any atom is -0.326 e. The summed E-state index contributed by atoms with van der Waals surface area (Å²) in [4.78, 5) is 0. The fourth-order valence-electron chi connectivity index (χ4n) is 1.16. The van der Waals surface area contributed by atoms with Gasteiger partial charge >= 0.3 is 0 Å². The molecule has 0 saturated carbocycles. The topological polar surface area (TPSA) is 38.0 Å². The van der Waals surface area contributed by atoms with Gasteiger partial charge in [-0.1, -0.05) is 6.92 Å². The Morgan fingerprint density at radius 2 is 2.50 bits per heavy atom. The first-order valence-electron chi connectivity index (χ1n) is 3.32. The van der Waals surface area contributed by atoms with Crippen LogP contribution in [0.3, 0.4) is 0 Å². The summed E-state index contributed by atoms with van der Waals surface area (Å²) in [7, 11) is 0. The Kier molecular flexibility index (Phi) is 1.86. The Balaban J connectivity index is 2.22. The van der Waals surface area contributed by atoms with Crippen LogP contribution in [0.2, 0.25) is 0 Å². The zero-order valence-electron chi connectivity index (χ0n) is 5.35. The molecule has 2 heteroatoms. The van der Waals surface area contributed by atoms with Crippen LogP contribution in [0.1, 0.15) is 19.8 Å². The highest BCUT2D eigenvalue weighted by Crippen LogP contribution is 2.06. The van der Waals surface area contributed by atoms with Gasteiger partial charge in [0.2, 0.25) is 0 Å². The minimum atomic E-state index is 0.417. The molecule has 1 aliphatic rings. The van der Waals surface area contributed by atoms with E-state index in [-0.39, 0.29) is 0 Å². The second kappa shape index (κ2) is 2.46. The third-order valence-corrected chi connectivity index (χ3v) is 1.75. The summed E-state index contributed by atoms with van der Waals surface area (Å²) in [6.45, 7) is 3.20. The largest absolute Gasteiger partial charge is 0.326 e. The molecule has 8 heavy (non-hydrogen) atoms. The van der Waals surface area contributed by atoms with Gasteiger partial charge in [0.1, 0.15) is 0 Å². The molecular weight excluding hydrogens is 100 g/mol. The Morgan fingerprint density at radius 3 is 2.75 bits per heavy atom. The number of nitrogens with one attached hydrogen (secondary N) is 1. The average molecular weight is 114 g/mol. The molecule has 2 atom stereocenters. The number of nitrogens with two attached hydrogens (primary N) is 1. The standard InChI is InChI=1S/C6H14N2/c1-2-6-3-5(7)4-8-6/h5-6,8H,2-4,7H2,1H3. The van der Waals surface area contributed by atoms with E-state index in [1.807, 2.05) is 0 Å². The first kappa shape index (κ1) is 6.05. The molecule has 1 aliphatic heterocycles. The zero-order valence-corrected chi connectivity index (χ0v) is 5.35. The second-order valence-electron chi connectivity index (χ2n) is 2.51. The van der Waals surface area contributed by atoms with Crippen LogP contribution in [0.25, 0.3) is 0 Å². The predicted octanol–water partition coefficient (Wildman–Crippen LogP) is 0.0856. The van der Waals surface area contributed by atoms with Gasteiger partial charge in [-0.25, -0.2) is 0 Å².